The zero-order chi connectivity index (χ0) is 12.3. The van der Waals surface area contributed by atoms with Crippen LogP contribution < -0.4 is 0 Å². The van der Waals surface area contributed by atoms with E-state index >= 15 is 0 Å². The number of aryl methyl sites for hydroxylation is 1. The number of aromatic nitrogens is 1. The third kappa shape index (κ3) is 3.06. The van der Waals surface area contributed by atoms with Crippen LogP contribution in [0.1, 0.15) is 24.3 Å². The minimum absolute atomic E-state index is 0.0988. The summed E-state index contributed by atoms with van der Waals surface area (Å²) in [5.41, 5.74) is 0.797. The molecular formula is C12H18N2O3. The van der Waals surface area contributed by atoms with Crippen LogP contribution in [0.4, 0.5) is 0 Å². The largest absolute Gasteiger partial charge is 0.381 e. The van der Waals surface area contributed by atoms with Gasteiger partial charge in [-0.1, -0.05) is 5.16 Å². The molecule has 17 heavy (non-hydrogen) atoms. The molecule has 2 heterocycles. The van der Waals surface area contributed by atoms with Crippen molar-refractivity contribution >= 4 is 5.91 Å². The first kappa shape index (κ1) is 12.1. The van der Waals surface area contributed by atoms with E-state index in [0.717, 1.165) is 24.3 Å². The lowest BCUT2D eigenvalue weighted by Gasteiger charge is -2.25. The van der Waals surface area contributed by atoms with E-state index in [2.05, 4.69) is 5.16 Å². The lowest BCUT2D eigenvalue weighted by molar-refractivity contribution is -0.137. The lowest BCUT2D eigenvalue weighted by atomic mass is 9.99. The van der Waals surface area contributed by atoms with E-state index in [1.54, 1.807) is 4.90 Å². The molecule has 1 aromatic rings. The van der Waals surface area contributed by atoms with E-state index in [4.69, 9.17) is 9.26 Å². The molecule has 1 aromatic heterocycles. The zero-order valence-corrected chi connectivity index (χ0v) is 10.3. The van der Waals surface area contributed by atoms with Gasteiger partial charge in [0, 0.05) is 32.2 Å². The SMILES string of the molecule is Cc1cc(CN(C)C(=O)C2CCOCC2)no1. The Morgan fingerprint density at radius 2 is 2.24 bits per heavy atom. The molecule has 5 heteroatoms. The molecule has 0 saturated carbocycles. The Balaban J connectivity index is 1.90. The predicted molar refractivity (Wildman–Crippen MR) is 61.3 cm³/mol. The van der Waals surface area contributed by atoms with Gasteiger partial charge in [0.15, 0.2) is 0 Å². The van der Waals surface area contributed by atoms with Gasteiger partial charge < -0.3 is 14.2 Å². The highest BCUT2D eigenvalue weighted by Gasteiger charge is 2.24. The molecule has 1 saturated heterocycles. The van der Waals surface area contributed by atoms with Crippen molar-refractivity contribution in [1.82, 2.24) is 10.1 Å². The number of hydrogen-bond donors (Lipinski definition) is 0. The van der Waals surface area contributed by atoms with Gasteiger partial charge in [-0.05, 0) is 19.8 Å². The topological polar surface area (TPSA) is 55.6 Å². The Bertz CT molecular complexity index is 383. The van der Waals surface area contributed by atoms with Crippen molar-refractivity contribution in [2.24, 2.45) is 5.92 Å². The van der Waals surface area contributed by atoms with E-state index < -0.39 is 0 Å². The fourth-order valence-corrected chi connectivity index (χ4v) is 2.07. The van der Waals surface area contributed by atoms with Gasteiger partial charge in [0.05, 0.1) is 6.54 Å². The molecule has 1 amide bonds. The van der Waals surface area contributed by atoms with Crippen LogP contribution in [0.25, 0.3) is 0 Å². The number of rotatable bonds is 3. The van der Waals surface area contributed by atoms with Crippen molar-refractivity contribution in [3.63, 3.8) is 0 Å². The van der Waals surface area contributed by atoms with Gasteiger partial charge in [-0.15, -0.1) is 0 Å². The molecule has 5 nitrogen and oxygen atoms in total. The van der Waals surface area contributed by atoms with Gasteiger partial charge in [0.1, 0.15) is 11.5 Å². The number of carbonyl (C=O) groups excluding carboxylic acids is 1. The van der Waals surface area contributed by atoms with Crippen LogP contribution in [0, 0.1) is 12.8 Å². The van der Waals surface area contributed by atoms with E-state index in [0.29, 0.717) is 19.8 Å². The summed E-state index contributed by atoms with van der Waals surface area (Å²) in [5, 5.41) is 3.89. The quantitative estimate of drug-likeness (QED) is 0.798. The highest BCUT2D eigenvalue weighted by molar-refractivity contribution is 5.78. The molecule has 0 unspecified atom stereocenters. The van der Waals surface area contributed by atoms with E-state index in [1.807, 2.05) is 20.0 Å². The maximum Gasteiger partial charge on any atom is 0.225 e. The maximum absolute atomic E-state index is 12.1. The second kappa shape index (κ2) is 5.31. The highest BCUT2D eigenvalue weighted by atomic mass is 16.5. The van der Waals surface area contributed by atoms with Crippen LogP contribution in [0.2, 0.25) is 0 Å². The molecule has 0 N–H and O–H groups in total. The van der Waals surface area contributed by atoms with Crippen molar-refractivity contribution in [3.8, 4) is 0 Å². The predicted octanol–water partition coefficient (Wildman–Crippen LogP) is 1.37. The molecular weight excluding hydrogens is 220 g/mol. The van der Waals surface area contributed by atoms with E-state index in [-0.39, 0.29) is 11.8 Å². The first-order valence-electron chi connectivity index (χ1n) is 5.91. The molecule has 1 fully saturated rings. The van der Waals surface area contributed by atoms with Crippen LogP contribution in [0.3, 0.4) is 0 Å². The molecule has 0 aliphatic carbocycles. The second-order valence-electron chi connectivity index (χ2n) is 4.51. The van der Waals surface area contributed by atoms with Crippen molar-refractivity contribution in [1.29, 1.82) is 0 Å². The van der Waals surface area contributed by atoms with Gasteiger partial charge in [-0.2, -0.15) is 0 Å². The molecule has 1 aliphatic heterocycles. The van der Waals surface area contributed by atoms with Crippen molar-refractivity contribution in [3.05, 3.63) is 17.5 Å². The monoisotopic (exact) mass is 238 g/mol. The van der Waals surface area contributed by atoms with Crippen LogP contribution >= 0.6 is 0 Å². The molecule has 94 valence electrons. The van der Waals surface area contributed by atoms with Crippen LogP contribution in [0.5, 0.6) is 0 Å². The summed E-state index contributed by atoms with van der Waals surface area (Å²) in [4.78, 5) is 13.8. The third-order valence-electron chi connectivity index (χ3n) is 3.02. The summed E-state index contributed by atoms with van der Waals surface area (Å²) < 4.78 is 10.2. The fraction of sp³-hybridized carbons (Fsp3) is 0.667. The lowest BCUT2D eigenvalue weighted by Crippen LogP contribution is -2.35. The molecule has 0 bridgehead atoms. The molecule has 0 aromatic carbocycles. The molecule has 1 aliphatic rings. The van der Waals surface area contributed by atoms with Gasteiger partial charge >= 0.3 is 0 Å². The normalized spacial score (nSPS) is 17.1. The molecule has 0 spiro atoms. The Hall–Kier alpha value is -1.36. The molecule has 0 atom stereocenters. The number of ether oxygens (including phenoxy) is 1. The van der Waals surface area contributed by atoms with Gasteiger partial charge in [-0.3, -0.25) is 4.79 Å². The standard InChI is InChI=1S/C12H18N2O3/c1-9-7-11(13-17-9)8-14(2)12(15)10-3-5-16-6-4-10/h7,10H,3-6,8H2,1-2H3. The minimum Gasteiger partial charge on any atom is -0.381 e. The average molecular weight is 238 g/mol. The molecule has 0 radical (unpaired) electrons. The number of nitrogens with zero attached hydrogens (tertiary/aromatic N) is 2. The maximum atomic E-state index is 12.1. The van der Waals surface area contributed by atoms with Crippen molar-refractivity contribution in [2.45, 2.75) is 26.3 Å². The summed E-state index contributed by atoms with van der Waals surface area (Å²) >= 11 is 0. The summed E-state index contributed by atoms with van der Waals surface area (Å²) in [6.45, 7) is 3.73. The fourth-order valence-electron chi connectivity index (χ4n) is 2.07. The Morgan fingerprint density at radius 1 is 1.53 bits per heavy atom. The zero-order valence-electron chi connectivity index (χ0n) is 10.3. The van der Waals surface area contributed by atoms with Gasteiger partial charge in [0.2, 0.25) is 5.91 Å². The van der Waals surface area contributed by atoms with E-state index in [9.17, 15) is 4.79 Å². The van der Waals surface area contributed by atoms with Crippen LogP contribution in [0.15, 0.2) is 10.6 Å². The third-order valence-corrected chi connectivity index (χ3v) is 3.02. The Kier molecular flexibility index (Phi) is 3.78. The average Bonchev–Trinajstić information content (AvgIpc) is 2.75. The summed E-state index contributed by atoms with van der Waals surface area (Å²) in [6, 6.07) is 1.85. The molecule has 2 rings (SSSR count). The summed E-state index contributed by atoms with van der Waals surface area (Å²) in [6.07, 6.45) is 1.64. The van der Waals surface area contributed by atoms with Crippen molar-refractivity contribution in [2.75, 3.05) is 20.3 Å². The van der Waals surface area contributed by atoms with Gasteiger partial charge in [-0.25, -0.2) is 0 Å². The summed E-state index contributed by atoms with van der Waals surface area (Å²) in [5.74, 6) is 1.04. The first-order chi connectivity index (χ1) is 8.16. The van der Waals surface area contributed by atoms with Crippen LogP contribution in [-0.4, -0.2) is 36.2 Å². The number of hydrogen-bond acceptors (Lipinski definition) is 4. The number of amides is 1. The minimum atomic E-state index is 0.0988. The summed E-state index contributed by atoms with van der Waals surface area (Å²) in [7, 11) is 1.81. The van der Waals surface area contributed by atoms with Gasteiger partial charge in [0.25, 0.3) is 0 Å². The van der Waals surface area contributed by atoms with Crippen LogP contribution in [-0.2, 0) is 16.1 Å². The first-order valence-corrected chi connectivity index (χ1v) is 5.91. The second-order valence-corrected chi connectivity index (χ2v) is 4.51. The smallest absolute Gasteiger partial charge is 0.225 e. The number of carbonyl (C=O) groups is 1. The van der Waals surface area contributed by atoms with Crippen molar-refractivity contribution < 1.29 is 14.1 Å². The Morgan fingerprint density at radius 3 is 2.82 bits per heavy atom. The Labute approximate surface area is 101 Å². The van der Waals surface area contributed by atoms with E-state index in [1.165, 1.54) is 0 Å². The highest BCUT2D eigenvalue weighted by Crippen LogP contribution is 2.18.